The fourth-order valence-corrected chi connectivity index (χ4v) is 3.09. The van der Waals surface area contributed by atoms with E-state index in [0.29, 0.717) is 24.1 Å². The van der Waals surface area contributed by atoms with Crippen molar-refractivity contribution in [2.45, 2.75) is 50.5 Å². The highest BCUT2D eigenvalue weighted by molar-refractivity contribution is 5.03. The Bertz CT molecular complexity index is 381. The normalized spacial score (nSPS) is 22.2. The van der Waals surface area contributed by atoms with Gasteiger partial charge in [0.15, 0.2) is 5.82 Å². The summed E-state index contributed by atoms with van der Waals surface area (Å²) in [7, 11) is 1.77. The van der Waals surface area contributed by atoms with E-state index in [1.54, 1.807) is 7.05 Å². The van der Waals surface area contributed by atoms with Gasteiger partial charge >= 0.3 is 0 Å². The summed E-state index contributed by atoms with van der Waals surface area (Å²) in [6.07, 6.45) is 7.73. The largest absolute Gasteiger partial charge is 0.389 e. The minimum absolute atomic E-state index is 0.455. The second kappa shape index (κ2) is 4.05. The second-order valence-electron chi connectivity index (χ2n) is 5.62. The van der Waals surface area contributed by atoms with Crippen molar-refractivity contribution in [2.75, 3.05) is 0 Å². The van der Waals surface area contributed by atoms with E-state index in [2.05, 4.69) is 15.4 Å². The molecule has 1 aromatic heterocycles. The maximum atomic E-state index is 11.0. The highest BCUT2D eigenvalue weighted by atomic mass is 16.3. The zero-order valence-corrected chi connectivity index (χ0v) is 10.3. The third kappa shape index (κ3) is 1.86. The molecule has 5 nitrogen and oxygen atoms in total. The van der Waals surface area contributed by atoms with E-state index in [1.165, 1.54) is 17.6 Å². The SMILES string of the molecule is Cn1nnc(CC(O)(C2CCC2)C2CCC2)n1. The molecule has 17 heavy (non-hydrogen) atoms. The van der Waals surface area contributed by atoms with Crippen molar-refractivity contribution in [3.63, 3.8) is 0 Å². The third-order valence-corrected chi connectivity index (χ3v) is 4.62. The van der Waals surface area contributed by atoms with Gasteiger partial charge in [0, 0.05) is 6.42 Å². The van der Waals surface area contributed by atoms with Crippen molar-refractivity contribution in [3.8, 4) is 0 Å². The van der Waals surface area contributed by atoms with Crippen LogP contribution in [0.15, 0.2) is 0 Å². The van der Waals surface area contributed by atoms with Crippen LogP contribution in [0, 0.1) is 11.8 Å². The number of hydrogen-bond acceptors (Lipinski definition) is 4. The fourth-order valence-electron chi connectivity index (χ4n) is 3.09. The molecule has 0 bridgehead atoms. The van der Waals surface area contributed by atoms with E-state index in [1.807, 2.05) is 0 Å². The summed E-state index contributed by atoms with van der Waals surface area (Å²) in [6.45, 7) is 0. The summed E-state index contributed by atoms with van der Waals surface area (Å²) < 4.78 is 0. The Morgan fingerprint density at radius 1 is 1.24 bits per heavy atom. The van der Waals surface area contributed by atoms with Crippen LogP contribution in [0.3, 0.4) is 0 Å². The molecule has 2 aliphatic rings. The highest BCUT2D eigenvalue weighted by Crippen LogP contribution is 2.48. The lowest BCUT2D eigenvalue weighted by molar-refractivity contribution is -0.119. The quantitative estimate of drug-likeness (QED) is 0.849. The molecule has 0 amide bonds. The van der Waals surface area contributed by atoms with Gasteiger partial charge in [-0.05, 0) is 42.7 Å². The Hall–Kier alpha value is -0.970. The average Bonchev–Trinajstić information content (AvgIpc) is 2.42. The van der Waals surface area contributed by atoms with E-state index >= 15 is 0 Å². The van der Waals surface area contributed by atoms with Crippen molar-refractivity contribution < 1.29 is 5.11 Å². The lowest BCUT2D eigenvalue weighted by Crippen LogP contribution is -2.52. The van der Waals surface area contributed by atoms with Crippen molar-refractivity contribution in [1.29, 1.82) is 0 Å². The molecule has 94 valence electrons. The topological polar surface area (TPSA) is 63.8 Å². The molecule has 0 radical (unpaired) electrons. The standard InChI is InChI=1S/C12H20N4O/c1-16-14-11(13-15-16)8-12(17,9-4-2-5-9)10-6-3-7-10/h9-10,17H,2-8H2,1H3. The fraction of sp³-hybridized carbons (Fsp3) is 0.917. The van der Waals surface area contributed by atoms with Gasteiger partial charge in [-0.1, -0.05) is 12.8 Å². The molecule has 2 saturated carbocycles. The van der Waals surface area contributed by atoms with Crippen LogP contribution in [0.2, 0.25) is 0 Å². The van der Waals surface area contributed by atoms with E-state index in [4.69, 9.17) is 0 Å². The molecule has 0 unspecified atom stereocenters. The number of hydrogen-bond donors (Lipinski definition) is 1. The first-order valence-corrected chi connectivity index (χ1v) is 6.64. The molecule has 0 spiro atoms. The predicted molar refractivity (Wildman–Crippen MR) is 62.1 cm³/mol. The number of nitrogens with zero attached hydrogens (tertiary/aromatic N) is 4. The number of aliphatic hydroxyl groups is 1. The van der Waals surface area contributed by atoms with Gasteiger partial charge in [0.2, 0.25) is 0 Å². The van der Waals surface area contributed by atoms with Gasteiger partial charge in [-0.2, -0.15) is 4.80 Å². The minimum Gasteiger partial charge on any atom is -0.389 e. The molecular formula is C12H20N4O. The zero-order chi connectivity index (χ0) is 11.9. The number of aromatic nitrogens is 4. The van der Waals surface area contributed by atoms with Crippen LogP contribution < -0.4 is 0 Å². The number of rotatable bonds is 4. The molecular weight excluding hydrogens is 216 g/mol. The Balaban J connectivity index is 1.78. The minimum atomic E-state index is -0.570. The van der Waals surface area contributed by atoms with Gasteiger partial charge in [-0.15, -0.1) is 10.2 Å². The van der Waals surface area contributed by atoms with Crippen LogP contribution in [0.25, 0.3) is 0 Å². The van der Waals surface area contributed by atoms with Gasteiger partial charge in [0.1, 0.15) is 0 Å². The Morgan fingerprint density at radius 2 is 1.82 bits per heavy atom. The Kier molecular flexibility index (Phi) is 2.65. The second-order valence-corrected chi connectivity index (χ2v) is 5.62. The Morgan fingerprint density at radius 3 is 2.18 bits per heavy atom. The molecule has 1 N–H and O–H groups in total. The summed E-state index contributed by atoms with van der Waals surface area (Å²) in [5, 5.41) is 23.1. The van der Waals surface area contributed by atoms with Gasteiger partial charge in [0.05, 0.1) is 12.6 Å². The monoisotopic (exact) mass is 236 g/mol. The van der Waals surface area contributed by atoms with Crippen LogP contribution in [-0.2, 0) is 13.5 Å². The first-order valence-electron chi connectivity index (χ1n) is 6.64. The molecule has 0 saturated heterocycles. The van der Waals surface area contributed by atoms with Crippen LogP contribution in [-0.4, -0.2) is 30.9 Å². The lowest BCUT2D eigenvalue weighted by atomic mass is 9.60. The zero-order valence-electron chi connectivity index (χ0n) is 10.3. The van der Waals surface area contributed by atoms with Crippen LogP contribution >= 0.6 is 0 Å². The first kappa shape index (κ1) is 11.1. The maximum absolute atomic E-state index is 11.0. The van der Waals surface area contributed by atoms with Gasteiger partial charge in [-0.25, -0.2) is 0 Å². The average molecular weight is 236 g/mol. The molecule has 1 aromatic rings. The molecule has 0 aromatic carbocycles. The molecule has 0 atom stereocenters. The van der Waals surface area contributed by atoms with Gasteiger partial charge in [0.25, 0.3) is 0 Å². The molecule has 1 heterocycles. The van der Waals surface area contributed by atoms with E-state index in [0.717, 1.165) is 25.7 Å². The van der Waals surface area contributed by atoms with Crippen molar-refractivity contribution in [1.82, 2.24) is 20.2 Å². The van der Waals surface area contributed by atoms with Crippen molar-refractivity contribution in [3.05, 3.63) is 5.82 Å². The molecule has 0 aliphatic heterocycles. The first-order chi connectivity index (χ1) is 8.18. The number of tetrazole rings is 1. The predicted octanol–water partition coefficient (Wildman–Crippen LogP) is 1.08. The van der Waals surface area contributed by atoms with Gasteiger partial charge < -0.3 is 5.11 Å². The van der Waals surface area contributed by atoms with E-state index in [-0.39, 0.29) is 0 Å². The number of aryl methyl sites for hydroxylation is 1. The van der Waals surface area contributed by atoms with Crippen molar-refractivity contribution >= 4 is 0 Å². The molecule has 5 heteroatoms. The summed E-state index contributed by atoms with van der Waals surface area (Å²) in [4.78, 5) is 1.47. The molecule has 3 rings (SSSR count). The Labute approximate surface area is 101 Å². The summed E-state index contributed by atoms with van der Waals surface area (Å²) in [5.74, 6) is 1.60. The van der Waals surface area contributed by atoms with Gasteiger partial charge in [-0.3, -0.25) is 0 Å². The van der Waals surface area contributed by atoms with Crippen LogP contribution in [0.5, 0.6) is 0 Å². The van der Waals surface area contributed by atoms with Crippen LogP contribution in [0.1, 0.15) is 44.3 Å². The van der Waals surface area contributed by atoms with E-state index in [9.17, 15) is 5.11 Å². The molecule has 2 fully saturated rings. The third-order valence-electron chi connectivity index (χ3n) is 4.62. The lowest BCUT2D eigenvalue weighted by Gasteiger charge is -2.49. The van der Waals surface area contributed by atoms with Crippen molar-refractivity contribution in [2.24, 2.45) is 18.9 Å². The van der Waals surface area contributed by atoms with E-state index < -0.39 is 5.60 Å². The summed E-state index contributed by atoms with van der Waals surface area (Å²) in [6, 6.07) is 0. The highest BCUT2D eigenvalue weighted by Gasteiger charge is 2.48. The van der Waals surface area contributed by atoms with Crippen LogP contribution in [0.4, 0.5) is 0 Å². The smallest absolute Gasteiger partial charge is 0.177 e. The summed E-state index contributed by atoms with van der Waals surface area (Å²) >= 11 is 0. The summed E-state index contributed by atoms with van der Waals surface area (Å²) in [5.41, 5.74) is -0.570. The molecule has 2 aliphatic carbocycles. The maximum Gasteiger partial charge on any atom is 0.177 e.